The van der Waals surface area contributed by atoms with Gasteiger partial charge in [-0.2, -0.15) is 0 Å². The standard InChI is InChI=1S/C15H18F2N4O2S2/c1-9-12(19-6-10-2-3-18-5-10)4-11(16)15(14(9)17)25(22,23)21-13-7-24-8-20-13/h4,7-8,10,18-19,21H,2-3,5-6H2,1H3/t10-/m0/s1. The molecule has 2 heterocycles. The number of thiazole rings is 1. The maximum atomic E-state index is 14.6. The number of aromatic nitrogens is 1. The van der Waals surface area contributed by atoms with E-state index in [-0.39, 0.29) is 17.1 Å². The highest BCUT2D eigenvalue weighted by molar-refractivity contribution is 7.92. The number of sulfonamides is 1. The van der Waals surface area contributed by atoms with Gasteiger partial charge in [0, 0.05) is 23.2 Å². The highest BCUT2D eigenvalue weighted by Gasteiger charge is 2.28. The van der Waals surface area contributed by atoms with Gasteiger partial charge in [-0.3, -0.25) is 4.72 Å². The van der Waals surface area contributed by atoms with Crippen molar-refractivity contribution in [2.24, 2.45) is 5.92 Å². The molecular formula is C15H18F2N4O2S2. The summed E-state index contributed by atoms with van der Waals surface area (Å²) in [7, 11) is -4.41. The number of nitrogens with one attached hydrogen (secondary N) is 3. The third kappa shape index (κ3) is 3.91. The molecular weight excluding hydrogens is 370 g/mol. The first-order valence-electron chi connectivity index (χ1n) is 7.72. The van der Waals surface area contributed by atoms with Crippen molar-refractivity contribution >= 4 is 32.9 Å². The minimum Gasteiger partial charge on any atom is -0.384 e. The Balaban J connectivity index is 1.86. The van der Waals surface area contributed by atoms with Crippen LogP contribution in [0.3, 0.4) is 0 Å². The molecule has 3 N–H and O–H groups in total. The Morgan fingerprint density at radius 3 is 2.88 bits per heavy atom. The van der Waals surface area contributed by atoms with Crippen LogP contribution in [0, 0.1) is 24.5 Å². The molecule has 0 unspecified atom stereocenters. The summed E-state index contributed by atoms with van der Waals surface area (Å²) in [4.78, 5) is 2.77. The molecule has 0 spiro atoms. The molecule has 10 heteroatoms. The molecule has 6 nitrogen and oxygen atoms in total. The van der Waals surface area contributed by atoms with E-state index in [2.05, 4.69) is 20.3 Å². The second kappa shape index (κ2) is 7.22. The number of nitrogens with zero attached hydrogens (tertiary/aromatic N) is 1. The summed E-state index contributed by atoms with van der Waals surface area (Å²) in [6.45, 7) is 3.76. The van der Waals surface area contributed by atoms with Crippen molar-refractivity contribution in [3.8, 4) is 0 Å². The van der Waals surface area contributed by atoms with Gasteiger partial charge in [0.2, 0.25) is 0 Å². The number of anilines is 2. The third-order valence-corrected chi connectivity index (χ3v) is 6.08. The molecule has 2 aromatic rings. The monoisotopic (exact) mass is 388 g/mol. The van der Waals surface area contributed by atoms with E-state index in [4.69, 9.17) is 0 Å². The Labute approximate surface area is 148 Å². The largest absolute Gasteiger partial charge is 0.384 e. The van der Waals surface area contributed by atoms with Crippen molar-refractivity contribution < 1.29 is 17.2 Å². The predicted octanol–water partition coefficient (Wildman–Crippen LogP) is 2.55. The first-order chi connectivity index (χ1) is 11.9. The molecule has 0 aliphatic carbocycles. The zero-order valence-electron chi connectivity index (χ0n) is 13.5. The van der Waals surface area contributed by atoms with Crippen molar-refractivity contribution in [3.05, 3.63) is 34.2 Å². The van der Waals surface area contributed by atoms with Crippen molar-refractivity contribution in [2.45, 2.75) is 18.2 Å². The predicted molar refractivity (Wildman–Crippen MR) is 93.5 cm³/mol. The summed E-state index contributed by atoms with van der Waals surface area (Å²) in [6, 6.07) is 1.02. The molecule has 1 aromatic carbocycles. The van der Waals surface area contributed by atoms with Gasteiger partial charge >= 0.3 is 0 Å². The van der Waals surface area contributed by atoms with Crippen molar-refractivity contribution in [3.63, 3.8) is 0 Å². The number of hydrogen-bond acceptors (Lipinski definition) is 6. The number of rotatable bonds is 6. The van der Waals surface area contributed by atoms with Gasteiger partial charge in [-0.25, -0.2) is 22.2 Å². The Morgan fingerprint density at radius 1 is 1.44 bits per heavy atom. The van der Waals surface area contributed by atoms with Gasteiger partial charge in [0.25, 0.3) is 10.0 Å². The summed E-state index contributed by atoms with van der Waals surface area (Å²) in [5.41, 5.74) is 1.74. The molecule has 0 radical (unpaired) electrons. The average molecular weight is 388 g/mol. The van der Waals surface area contributed by atoms with E-state index >= 15 is 0 Å². The van der Waals surface area contributed by atoms with Gasteiger partial charge < -0.3 is 10.6 Å². The van der Waals surface area contributed by atoms with Gasteiger partial charge in [0.05, 0.1) is 5.51 Å². The van der Waals surface area contributed by atoms with Crippen LogP contribution >= 0.6 is 11.3 Å². The molecule has 0 amide bonds. The lowest BCUT2D eigenvalue weighted by Crippen LogP contribution is -2.20. The topological polar surface area (TPSA) is 83.1 Å². The van der Waals surface area contributed by atoms with Crippen LogP contribution in [0.2, 0.25) is 0 Å². The number of halogens is 2. The fourth-order valence-electron chi connectivity index (χ4n) is 2.72. The van der Waals surface area contributed by atoms with Crippen molar-refractivity contribution in [1.29, 1.82) is 0 Å². The molecule has 0 bridgehead atoms. The van der Waals surface area contributed by atoms with Gasteiger partial charge in [-0.1, -0.05) is 0 Å². The van der Waals surface area contributed by atoms with Crippen LogP contribution in [-0.2, 0) is 10.0 Å². The third-order valence-electron chi connectivity index (χ3n) is 4.10. The Hall–Kier alpha value is -1.78. The fraction of sp³-hybridized carbons (Fsp3) is 0.400. The molecule has 1 aromatic heterocycles. The highest BCUT2D eigenvalue weighted by atomic mass is 32.2. The lowest BCUT2D eigenvalue weighted by Gasteiger charge is -2.16. The number of benzene rings is 1. The van der Waals surface area contributed by atoms with Gasteiger partial charge in [0.1, 0.15) is 5.82 Å². The zero-order chi connectivity index (χ0) is 18.0. The van der Waals surface area contributed by atoms with Crippen LogP contribution in [0.4, 0.5) is 20.3 Å². The Kier molecular flexibility index (Phi) is 5.21. The average Bonchev–Trinajstić information content (AvgIpc) is 3.22. The van der Waals surface area contributed by atoms with E-state index in [1.165, 1.54) is 29.2 Å². The van der Waals surface area contributed by atoms with Gasteiger partial charge in [0.15, 0.2) is 16.5 Å². The molecule has 1 fully saturated rings. The molecule has 1 saturated heterocycles. The lowest BCUT2D eigenvalue weighted by atomic mass is 10.1. The van der Waals surface area contributed by atoms with E-state index in [1.807, 2.05) is 0 Å². The van der Waals surface area contributed by atoms with Crippen molar-refractivity contribution in [1.82, 2.24) is 10.3 Å². The van der Waals surface area contributed by atoms with E-state index in [9.17, 15) is 17.2 Å². The summed E-state index contributed by atoms with van der Waals surface area (Å²) in [5.74, 6) is -1.84. The minimum absolute atomic E-state index is 0.0254. The first-order valence-corrected chi connectivity index (χ1v) is 10.2. The normalized spacial score (nSPS) is 17.6. The maximum absolute atomic E-state index is 14.6. The van der Waals surface area contributed by atoms with Gasteiger partial charge in [-0.05, 0) is 38.4 Å². The van der Waals surface area contributed by atoms with Crippen LogP contribution in [0.15, 0.2) is 21.9 Å². The lowest BCUT2D eigenvalue weighted by molar-refractivity contribution is 0.516. The summed E-state index contributed by atoms with van der Waals surface area (Å²) >= 11 is 1.17. The zero-order valence-corrected chi connectivity index (χ0v) is 15.1. The van der Waals surface area contributed by atoms with E-state index < -0.39 is 26.6 Å². The van der Waals surface area contributed by atoms with Crippen LogP contribution < -0.4 is 15.4 Å². The summed E-state index contributed by atoms with van der Waals surface area (Å²) in [6.07, 6.45) is 0.987. The van der Waals surface area contributed by atoms with Crippen LogP contribution in [0.25, 0.3) is 0 Å². The molecule has 3 rings (SSSR count). The molecule has 0 saturated carbocycles. The number of hydrogen-bond donors (Lipinski definition) is 3. The second-order valence-electron chi connectivity index (χ2n) is 5.89. The Bertz CT molecular complexity index is 851. The minimum atomic E-state index is -4.41. The smallest absolute Gasteiger partial charge is 0.268 e. The summed E-state index contributed by atoms with van der Waals surface area (Å²) < 4.78 is 55.7. The molecule has 1 aliphatic heterocycles. The van der Waals surface area contributed by atoms with Crippen molar-refractivity contribution in [2.75, 3.05) is 29.7 Å². The van der Waals surface area contributed by atoms with E-state index in [0.29, 0.717) is 12.5 Å². The highest BCUT2D eigenvalue weighted by Crippen LogP contribution is 2.29. The van der Waals surface area contributed by atoms with E-state index in [1.54, 1.807) is 0 Å². The van der Waals surface area contributed by atoms with Crippen LogP contribution in [0.1, 0.15) is 12.0 Å². The molecule has 136 valence electrons. The quantitative estimate of drug-likeness (QED) is 0.708. The first kappa shape index (κ1) is 18.0. The second-order valence-corrected chi connectivity index (χ2v) is 8.23. The molecule has 1 atom stereocenters. The van der Waals surface area contributed by atoms with Gasteiger partial charge in [-0.15, -0.1) is 11.3 Å². The summed E-state index contributed by atoms with van der Waals surface area (Å²) in [5, 5.41) is 7.67. The molecule has 25 heavy (non-hydrogen) atoms. The van der Waals surface area contributed by atoms with Crippen LogP contribution in [0.5, 0.6) is 0 Å². The maximum Gasteiger partial charge on any atom is 0.268 e. The molecule has 1 aliphatic rings. The fourth-order valence-corrected chi connectivity index (χ4v) is 4.47. The van der Waals surface area contributed by atoms with Crippen LogP contribution in [-0.4, -0.2) is 33.0 Å². The Morgan fingerprint density at radius 2 is 2.24 bits per heavy atom. The SMILES string of the molecule is Cc1c(NC[C@H]2CCNC2)cc(F)c(S(=O)(=O)Nc2cscn2)c1F. The van der Waals surface area contributed by atoms with E-state index in [0.717, 1.165) is 25.6 Å².